The van der Waals surface area contributed by atoms with Crippen LogP contribution in [-0.4, -0.2) is 47.7 Å². The average molecular weight is 583 g/mol. The number of hydrogen-bond acceptors (Lipinski definition) is 7. The molecule has 1 aromatic carbocycles. The monoisotopic (exact) mass is 582 g/mol. The number of unbranched alkanes of at least 4 members (excludes halogenated alkanes) is 2. The smallest absolute Gasteiger partial charge is 0.282 e. The van der Waals surface area contributed by atoms with Crippen molar-refractivity contribution in [1.29, 1.82) is 0 Å². The van der Waals surface area contributed by atoms with Crippen LogP contribution >= 0.6 is 0 Å². The molecule has 9 nitrogen and oxygen atoms in total. The first-order valence-corrected chi connectivity index (χ1v) is 15.4. The van der Waals surface area contributed by atoms with Crippen LogP contribution in [0.4, 0.5) is 11.4 Å². The summed E-state index contributed by atoms with van der Waals surface area (Å²) in [6.07, 6.45) is 9.00. The molecule has 2 unspecified atom stereocenters. The van der Waals surface area contributed by atoms with Crippen molar-refractivity contribution in [3.63, 3.8) is 0 Å². The van der Waals surface area contributed by atoms with E-state index in [4.69, 9.17) is 9.47 Å². The van der Waals surface area contributed by atoms with E-state index in [1.165, 1.54) is 20.0 Å². The van der Waals surface area contributed by atoms with Crippen LogP contribution in [0.5, 0.6) is 11.6 Å². The topological polar surface area (TPSA) is 117 Å². The first-order chi connectivity index (χ1) is 20.2. The maximum absolute atomic E-state index is 13.8. The quantitative estimate of drug-likeness (QED) is 0.127. The van der Waals surface area contributed by atoms with Gasteiger partial charge in [0.15, 0.2) is 11.4 Å². The van der Waals surface area contributed by atoms with Crippen LogP contribution in [0.1, 0.15) is 102 Å². The number of aromatic nitrogens is 1. The number of methoxy groups -OCH3 is 1. The second-order valence-corrected chi connectivity index (χ2v) is 10.7. The Hall–Kier alpha value is -3.62. The van der Waals surface area contributed by atoms with Gasteiger partial charge in [0.05, 0.1) is 19.4 Å². The standard InChI is InChI=1S/C33H50N4O5/c1-8-13-15-24(10-3)21-37(22-25(11-4)16-14-9-2)33(40)26-17-19-27(20-18-26)35-36-29-30(41-7)28(23(6)42-12-5)31(38)34-32(29)39/h17-20,24-25H,6,8-16,21-22H2,1-5,7H3,(H2,34,38,39). The SMILES string of the molecule is C=C(OCC)c1c(O)[nH]c(=O)c(N=Nc2ccc(C(=O)N(CC(CC)CCCC)CC(CC)CCCC)cc2)c1OC. The summed E-state index contributed by atoms with van der Waals surface area (Å²) in [6, 6.07) is 6.92. The number of hydrogen-bond donors (Lipinski definition) is 2. The minimum Gasteiger partial charge on any atom is -0.494 e. The molecular weight excluding hydrogens is 532 g/mol. The average Bonchev–Trinajstić information content (AvgIpc) is 2.99. The van der Waals surface area contributed by atoms with Crippen LogP contribution in [0, 0.1) is 11.8 Å². The third-order valence-electron chi connectivity index (χ3n) is 7.64. The molecule has 2 aromatic rings. The largest absolute Gasteiger partial charge is 0.494 e. The summed E-state index contributed by atoms with van der Waals surface area (Å²) in [5.74, 6) is 0.691. The van der Waals surface area contributed by atoms with Gasteiger partial charge in [0.2, 0.25) is 5.88 Å². The number of carbonyl (C=O) groups is 1. The molecular formula is C33H50N4O5. The Kier molecular flexibility index (Phi) is 14.8. The molecule has 0 bridgehead atoms. The number of azo groups is 1. The van der Waals surface area contributed by atoms with Crippen LogP contribution in [0.2, 0.25) is 0 Å². The molecule has 0 aliphatic rings. The van der Waals surface area contributed by atoms with Gasteiger partial charge in [-0.25, -0.2) is 0 Å². The molecule has 1 aromatic heterocycles. The Morgan fingerprint density at radius 3 is 2.02 bits per heavy atom. The Balaban J connectivity index is 2.33. The third-order valence-corrected chi connectivity index (χ3v) is 7.64. The third kappa shape index (κ3) is 9.74. The fraction of sp³-hybridized carbons (Fsp3) is 0.576. The van der Waals surface area contributed by atoms with Gasteiger partial charge in [0.1, 0.15) is 11.3 Å². The van der Waals surface area contributed by atoms with E-state index in [0.717, 1.165) is 51.6 Å². The predicted octanol–water partition coefficient (Wildman–Crippen LogP) is 8.39. The van der Waals surface area contributed by atoms with Crippen LogP contribution in [0.15, 0.2) is 45.9 Å². The lowest BCUT2D eigenvalue weighted by Crippen LogP contribution is -2.39. The fourth-order valence-electron chi connectivity index (χ4n) is 5.01. The van der Waals surface area contributed by atoms with Crippen molar-refractivity contribution in [3.05, 3.63) is 52.3 Å². The summed E-state index contributed by atoms with van der Waals surface area (Å²) in [5.41, 5.74) is 0.350. The zero-order chi connectivity index (χ0) is 31.1. The predicted molar refractivity (Wildman–Crippen MR) is 169 cm³/mol. The second kappa shape index (κ2) is 18.0. The van der Waals surface area contributed by atoms with Gasteiger partial charge < -0.3 is 19.5 Å². The highest BCUT2D eigenvalue weighted by atomic mass is 16.5. The number of pyridine rings is 1. The Bertz CT molecular complexity index is 1200. The molecule has 9 heteroatoms. The molecule has 232 valence electrons. The Morgan fingerprint density at radius 1 is 0.976 bits per heavy atom. The van der Waals surface area contributed by atoms with Gasteiger partial charge >= 0.3 is 0 Å². The minimum absolute atomic E-state index is 0.00277. The van der Waals surface area contributed by atoms with Crippen molar-refractivity contribution < 1.29 is 19.4 Å². The summed E-state index contributed by atoms with van der Waals surface area (Å²) >= 11 is 0. The fourth-order valence-corrected chi connectivity index (χ4v) is 5.01. The number of ether oxygens (including phenoxy) is 2. The lowest BCUT2D eigenvalue weighted by molar-refractivity contribution is 0.0685. The van der Waals surface area contributed by atoms with Gasteiger partial charge in [0, 0.05) is 18.7 Å². The van der Waals surface area contributed by atoms with Gasteiger partial charge in [-0.3, -0.25) is 14.6 Å². The van der Waals surface area contributed by atoms with Gasteiger partial charge in [-0.1, -0.05) is 72.8 Å². The number of amides is 1. The van der Waals surface area contributed by atoms with E-state index in [1.807, 2.05) is 0 Å². The maximum atomic E-state index is 13.8. The number of nitrogens with zero attached hydrogens (tertiary/aromatic N) is 3. The maximum Gasteiger partial charge on any atom is 0.282 e. The van der Waals surface area contributed by atoms with E-state index < -0.39 is 11.4 Å². The van der Waals surface area contributed by atoms with Crippen LogP contribution < -0.4 is 10.3 Å². The summed E-state index contributed by atoms with van der Waals surface area (Å²) in [7, 11) is 1.36. The Labute approximate surface area is 251 Å². The van der Waals surface area contributed by atoms with Crippen molar-refractivity contribution in [2.75, 3.05) is 26.8 Å². The molecule has 0 saturated heterocycles. The molecule has 0 spiro atoms. The van der Waals surface area contributed by atoms with E-state index in [-0.39, 0.29) is 28.7 Å². The molecule has 1 heterocycles. The number of carbonyl (C=O) groups excluding carboxylic acids is 1. The molecule has 1 amide bonds. The first-order valence-electron chi connectivity index (χ1n) is 15.4. The van der Waals surface area contributed by atoms with Gasteiger partial charge in [-0.2, -0.15) is 5.11 Å². The van der Waals surface area contributed by atoms with Crippen LogP contribution in [0.3, 0.4) is 0 Å². The molecule has 2 atom stereocenters. The van der Waals surface area contributed by atoms with E-state index >= 15 is 0 Å². The summed E-state index contributed by atoms with van der Waals surface area (Å²) in [4.78, 5) is 30.7. The minimum atomic E-state index is -0.675. The van der Waals surface area contributed by atoms with E-state index in [0.29, 0.717) is 29.7 Å². The summed E-state index contributed by atoms with van der Waals surface area (Å²) < 4.78 is 10.8. The van der Waals surface area contributed by atoms with Crippen molar-refractivity contribution >= 4 is 23.0 Å². The molecule has 0 aliphatic carbocycles. The van der Waals surface area contributed by atoms with Gasteiger partial charge in [-0.05, 0) is 55.9 Å². The van der Waals surface area contributed by atoms with Crippen molar-refractivity contribution in [2.45, 2.75) is 86.0 Å². The van der Waals surface area contributed by atoms with Crippen molar-refractivity contribution in [2.24, 2.45) is 22.1 Å². The van der Waals surface area contributed by atoms with E-state index in [1.54, 1.807) is 31.2 Å². The zero-order valence-electron chi connectivity index (χ0n) is 26.4. The highest BCUT2D eigenvalue weighted by molar-refractivity contribution is 5.94. The number of nitrogens with one attached hydrogen (secondary N) is 1. The highest BCUT2D eigenvalue weighted by Gasteiger charge is 2.24. The van der Waals surface area contributed by atoms with E-state index in [2.05, 4.69) is 54.4 Å². The summed E-state index contributed by atoms with van der Waals surface area (Å²) in [5, 5.41) is 18.6. The van der Waals surface area contributed by atoms with Crippen LogP contribution in [0.25, 0.3) is 5.76 Å². The van der Waals surface area contributed by atoms with Gasteiger partial charge in [0.25, 0.3) is 11.5 Å². The van der Waals surface area contributed by atoms with Crippen molar-refractivity contribution in [3.8, 4) is 11.6 Å². The number of H-pyrrole nitrogens is 1. The number of rotatable bonds is 19. The van der Waals surface area contributed by atoms with E-state index in [9.17, 15) is 14.7 Å². The second-order valence-electron chi connectivity index (χ2n) is 10.7. The first kappa shape index (κ1) is 34.6. The van der Waals surface area contributed by atoms with Crippen LogP contribution in [-0.2, 0) is 4.74 Å². The zero-order valence-corrected chi connectivity index (χ0v) is 26.4. The van der Waals surface area contributed by atoms with Crippen molar-refractivity contribution in [1.82, 2.24) is 9.88 Å². The van der Waals surface area contributed by atoms with Gasteiger partial charge in [-0.15, -0.1) is 5.11 Å². The molecule has 2 N–H and O–H groups in total. The molecule has 0 radical (unpaired) electrons. The number of aromatic hydroxyl groups is 1. The lowest BCUT2D eigenvalue weighted by atomic mass is 9.95. The molecule has 2 rings (SSSR count). The summed E-state index contributed by atoms with van der Waals surface area (Å²) in [6.45, 7) is 16.2. The normalized spacial score (nSPS) is 12.7. The number of benzene rings is 1. The molecule has 42 heavy (non-hydrogen) atoms. The molecule has 0 saturated carbocycles. The Morgan fingerprint density at radius 2 is 1.55 bits per heavy atom. The number of aromatic amines is 1. The molecule has 0 fully saturated rings. The highest BCUT2D eigenvalue weighted by Crippen LogP contribution is 2.38. The lowest BCUT2D eigenvalue weighted by Gasteiger charge is -2.31. The molecule has 0 aliphatic heterocycles.